The molecule has 0 aliphatic carbocycles. The van der Waals surface area contributed by atoms with Crippen molar-refractivity contribution in [1.82, 2.24) is 20.3 Å². The maximum Gasteiger partial charge on any atom is 0.153 e. The number of aryl methyl sites for hydroxylation is 1. The highest BCUT2D eigenvalue weighted by molar-refractivity contribution is 9.10. The molecule has 1 aromatic rings. The average molecular weight is 351 g/mol. The van der Waals surface area contributed by atoms with Crippen molar-refractivity contribution in [3.05, 3.63) is 10.3 Å². The van der Waals surface area contributed by atoms with Crippen molar-refractivity contribution >= 4 is 39.5 Å². The van der Waals surface area contributed by atoms with Gasteiger partial charge in [-0.05, 0) is 29.4 Å². The van der Waals surface area contributed by atoms with E-state index >= 15 is 0 Å². The van der Waals surface area contributed by atoms with Crippen molar-refractivity contribution in [1.29, 1.82) is 0 Å². The van der Waals surface area contributed by atoms with Gasteiger partial charge in [0.25, 0.3) is 0 Å². The van der Waals surface area contributed by atoms with Gasteiger partial charge in [-0.2, -0.15) is 23.5 Å². The van der Waals surface area contributed by atoms with Crippen LogP contribution in [0.2, 0.25) is 0 Å². The summed E-state index contributed by atoms with van der Waals surface area (Å²) in [5.74, 6) is 2.49. The fraction of sp³-hybridized carbons (Fsp3) is 0.818. The van der Waals surface area contributed by atoms with Gasteiger partial charge in [0.15, 0.2) is 4.60 Å². The van der Waals surface area contributed by atoms with Gasteiger partial charge in [0.2, 0.25) is 0 Å². The average Bonchev–Trinajstić information content (AvgIpc) is 2.72. The van der Waals surface area contributed by atoms with Crippen LogP contribution in [0.25, 0.3) is 0 Å². The van der Waals surface area contributed by atoms with Crippen LogP contribution in [0, 0.1) is 0 Å². The molecule has 0 amide bonds. The minimum absolute atomic E-state index is 0.294. The molecule has 1 fully saturated rings. The van der Waals surface area contributed by atoms with Crippen LogP contribution in [0.4, 0.5) is 0 Å². The molecule has 0 radical (unpaired) electrons. The van der Waals surface area contributed by atoms with Crippen molar-refractivity contribution in [3.8, 4) is 0 Å². The monoisotopic (exact) mass is 350 g/mol. The molecule has 7 heteroatoms. The van der Waals surface area contributed by atoms with E-state index < -0.39 is 0 Å². The minimum Gasteiger partial charge on any atom is -0.311 e. The first-order valence-corrected chi connectivity index (χ1v) is 9.03. The van der Waals surface area contributed by atoms with Gasteiger partial charge >= 0.3 is 0 Å². The van der Waals surface area contributed by atoms with E-state index in [0.717, 1.165) is 10.3 Å². The van der Waals surface area contributed by atoms with E-state index in [-0.39, 0.29) is 0 Å². The molecule has 102 valence electrons. The second-order valence-electron chi connectivity index (χ2n) is 4.31. The van der Waals surface area contributed by atoms with E-state index in [2.05, 4.69) is 62.0 Å². The Morgan fingerprint density at radius 1 is 1.50 bits per heavy atom. The topological polar surface area (TPSA) is 42.7 Å². The van der Waals surface area contributed by atoms with E-state index in [1.165, 1.54) is 17.9 Å². The van der Waals surface area contributed by atoms with Crippen LogP contribution in [0.3, 0.4) is 0 Å². The Morgan fingerprint density at radius 3 is 2.78 bits per heavy atom. The van der Waals surface area contributed by atoms with Gasteiger partial charge in [0.1, 0.15) is 0 Å². The van der Waals surface area contributed by atoms with Crippen molar-refractivity contribution in [3.63, 3.8) is 0 Å². The summed E-state index contributed by atoms with van der Waals surface area (Å²) in [6.45, 7) is 2.28. The zero-order chi connectivity index (χ0) is 13.1. The fourth-order valence-corrected chi connectivity index (χ4v) is 6.21. The molecule has 3 unspecified atom stereocenters. The predicted molar refractivity (Wildman–Crippen MR) is 83.3 cm³/mol. The molecule has 1 aliphatic rings. The van der Waals surface area contributed by atoms with Crippen LogP contribution in [0.5, 0.6) is 0 Å². The molecular formula is C11H19BrN4S2. The maximum atomic E-state index is 4.10. The summed E-state index contributed by atoms with van der Waals surface area (Å²) in [6, 6.07) is 0.294. The van der Waals surface area contributed by atoms with Crippen LogP contribution in [0.1, 0.15) is 25.1 Å². The van der Waals surface area contributed by atoms with Crippen LogP contribution >= 0.6 is 39.5 Å². The smallest absolute Gasteiger partial charge is 0.153 e. The van der Waals surface area contributed by atoms with Crippen LogP contribution in [0.15, 0.2) is 4.60 Å². The molecule has 4 nitrogen and oxygen atoms in total. The van der Waals surface area contributed by atoms with Gasteiger partial charge in [-0.3, -0.25) is 0 Å². The zero-order valence-corrected chi connectivity index (χ0v) is 14.1. The Morgan fingerprint density at radius 2 is 2.22 bits per heavy atom. The Balaban J connectivity index is 2.27. The quantitative estimate of drug-likeness (QED) is 0.903. The van der Waals surface area contributed by atoms with Gasteiger partial charge in [-0.1, -0.05) is 12.1 Å². The van der Waals surface area contributed by atoms with Crippen LogP contribution in [-0.2, 0) is 7.05 Å². The number of nitrogens with zero attached hydrogens (tertiary/aromatic N) is 3. The molecule has 0 bridgehead atoms. The van der Waals surface area contributed by atoms with Gasteiger partial charge in [-0.15, -0.1) is 5.10 Å². The predicted octanol–water partition coefficient (Wildman–Crippen LogP) is 2.47. The normalized spacial score (nSPS) is 26.2. The molecule has 2 heterocycles. The molecule has 3 atom stereocenters. The van der Waals surface area contributed by atoms with E-state index in [0.29, 0.717) is 16.5 Å². The first kappa shape index (κ1) is 14.7. The third-order valence-corrected chi connectivity index (χ3v) is 7.17. The molecule has 1 N–H and O–H groups in total. The van der Waals surface area contributed by atoms with Gasteiger partial charge in [0.05, 0.1) is 11.7 Å². The van der Waals surface area contributed by atoms with Crippen LogP contribution in [-0.4, -0.2) is 44.0 Å². The summed E-state index contributed by atoms with van der Waals surface area (Å²) >= 11 is 7.69. The molecule has 1 aromatic heterocycles. The number of rotatable bonds is 4. The molecule has 0 spiro atoms. The van der Waals surface area contributed by atoms with E-state index in [1.54, 1.807) is 0 Å². The third kappa shape index (κ3) is 2.89. The molecule has 2 rings (SSSR count). The number of halogens is 1. The van der Waals surface area contributed by atoms with E-state index in [9.17, 15) is 0 Å². The molecule has 1 aliphatic heterocycles. The Kier molecular flexibility index (Phi) is 5.41. The highest BCUT2D eigenvalue weighted by Gasteiger charge is 2.35. The summed E-state index contributed by atoms with van der Waals surface area (Å²) in [7, 11) is 3.98. The summed E-state index contributed by atoms with van der Waals surface area (Å²) in [5.41, 5.74) is 1.15. The number of aromatic nitrogens is 3. The van der Waals surface area contributed by atoms with Crippen LogP contribution < -0.4 is 5.32 Å². The molecular weight excluding hydrogens is 332 g/mol. The van der Waals surface area contributed by atoms with Crippen molar-refractivity contribution < 1.29 is 0 Å². The standard InChI is InChI=1S/C11H19BrN4S2/c1-4-7-10(18-6-5-17-7)8(13-2)9-11(12)14-15-16(9)3/h7-8,10,13H,4-6H2,1-3H3. The largest absolute Gasteiger partial charge is 0.311 e. The van der Waals surface area contributed by atoms with E-state index in [1.807, 2.05) is 18.8 Å². The summed E-state index contributed by atoms with van der Waals surface area (Å²) in [4.78, 5) is 0. The van der Waals surface area contributed by atoms with E-state index in [4.69, 9.17) is 0 Å². The minimum atomic E-state index is 0.294. The number of thioether (sulfide) groups is 2. The highest BCUT2D eigenvalue weighted by Crippen LogP contribution is 2.41. The second-order valence-corrected chi connectivity index (χ2v) is 7.69. The Hall–Kier alpha value is 0.280. The zero-order valence-electron chi connectivity index (χ0n) is 10.9. The number of hydrogen-bond acceptors (Lipinski definition) is 5. The first-order chi connectivity index (χ1) is 8.69. The highest BCUT2D eigenvalue weighted by atomic mass is 79.9. The molecule has 0 aromatic carbocycles. The summed E-state index contributed by atoms with van der Waals surface area (Å²) in [6.07, 6.45) is 1.21. The van der Waals surface area contributed by atoms with Crippen molar-refractivity contribution in [2.75, 3.05) is 18.6 Å². The molecule has 1 saturated heterocycles. The fourth-order valence-electron chi connectivity index (χ4n) is 2.37. The number of nitrogens with one attached hydrogen (secondary N) is 1. The Labute approximate surface area is 125 Å². The SMILES string of the molecule is CCC1SCCSC1C(NC)c1c(Br)nnn1C. The van der Waals surface area contributed by atoms with Gasteiger partial charge in [-0.25, -0.2) is 4.68 Å². The maximum absolute atomic E-state index is 4.10. The summed E-state index contributed by atoms with van der Waals surface area (Å²) in [5, 5.41) is 12.9. The lowest BCUT2D eigenvalue weighted by atomic mass is 10.1. The summed E-state index contributed by atoms with van der Waals surface area (Å²) < 4.78 is 2.73. The van der Waals surface area contributed by atoms with Gasteiger partial charge < -0.3 is 5.32 Å². The lowest BCUT2D eigenvalue weighted by Crippen LogP contribution is -2.38. The lowest BCUT2D eigenvalue weighted by Gasteiger charge is -2.35. The van der Waals surface area contributed by atoms with Crippen molar-refractivity contribution in [2.24, 2.45) is 7.05 Å². The molecule has 0 saturated carbocycles. The number of hydrogen-bond donors (Lipinski definition) is 1. The van der Waals surface area contributed by atoms with Gasteiger partial charge in [0, 0.05) is 29.1 Å². The second kappa shape index (κ2) is 6.63. The Bertz CT molecular complexity index is 379. The van der Waals surface area contributed by atoms with Crippen molar-refractivity contribution in [2.45, 2.75) is 29.9 Å². The first-order valence-electron chi connectivity index (χ1n) is 6.14. The third-order valence-electron chi connectivity index (χ3n) is 3.26. The lowest BCUT2D eigenvalue weighted by molar-refractivity contribution is 0.502. The molecule has 18 heavy (non-hydrogen) atoms.